The van der Waals surface area contributed by atoms with Crippen LogP contribution >= 0.6 is 0 Å². The van der Waals surface area contributed by atoms with Crippen LogP contribution in [0.25, 0.3) is 0 Å². The summed E-state index contributed by atoms with van der Waals surface area (Å²) in [6.45, 7) is 3.61. The number of carbonyl (C=O) groups is 1. The maximum absolute atomic E-state index is 12.3. The number of halogens is 3. The number of carbonyl (C=O) groups excluding carboxylic acids is 1. The van der Waals surface area contributed by atoms with Gasteiger partial charge in [0.15, 0.2) is 0 Å². The van der Waals surface area contributed by atoms with Crippen LogP contribution in [0.3, 0.4) is 0 Å². The molecule has 1 amide bonds. The lowest BCUT2D eigenvalue weighted by atomic mass is 10.1. The van der Waals surface area contributed by atoms with E-state index >= 15 is 0 Å². The molecule has 0 rings (SSSR count). The van der Waals surface area contributed by atoms with Crippen molar-refractivity contribution >= 4 is 5.91 Å². The molecule has 0 aromatic heterocycles. The van der Waals surface area contributed by atoms with Crippen LogP contribution in [-0.4, -0.2) is 43.3 Å². The zero-order valence-electron chi connectivity index (χ0n) is 9.80. The van der Waals surface area contributed by atoms with Crippen LogP contribution in [0.4, 0.5) is 13.2 Å². The highest BCUT2D eigenvalue weighted by Crippen LogP contribution is 2.21. The average molecular weight is 241 g/mol. The summed E-state index contributed by atoms with van der Waals surface area (Å²) in [6.07, 6.45) is -3.81. The van der Waals surface area contributed by atoms with Crippen LogP contribution in [0.1, 0.15) is 26.7 Å². The molecule has 16 heavy (non-hydrogen) atoms. The summed E-state index contributed by atoms with van der Waals surface area (Å²) in [7, 11) is 1.39. The Labute approximate surface area is 93.6 Å². The van der Waals surface area contributed by atoms with E-state index in [0.29, 0.717) is 12.8 Å². The molecule has 6 heteroatoms. The lowest BCUT2D eigenvalue weighted by molar-refractivity contribution is -0.188. The number of rotatable bonds is 6. The van der Waals surface area contributed by atoms with Crippen molar-refractivity contribution in [1.82, 2.24) is 4.90 Å². The Hall–Kier alpha value is -0.780. The highest BCUT2D eigenvalue weighted by atomic mass is 19.4. The minimum absolute atomic E-state index is 0.0266. The maximum Gasteiger partial charge on any atom is 0.471 e. The van der Waals surface area contributed by atoms with Gasteiger partial charge in [0.1, 0.15) is 0 Å². The van der Waals surface area contributed by atoms with Crippen LogP contribution in [0.2, 0.25) is 0 Å². The van der Waals surface area contributed by atoms with Crippen LogP contribution in [0.15, 0.2) is 0 Å². The minimum atomic E-state index is -4.81. The minimum Gasteiger partial charge on any atom is -0.383 e. The Balaban J connectivity index is 4.71. The van der Waals surface area contributed by atoms with Gasteiger partial charge >= 0.3 is 12.1 Å². The van der Waals surface area contributed by atoms with E-state index in [1.165, 1.54) is 7.11 Å². The normalized spacial score (nSPS) is 11.9. The van der Waals surface area contributed by atoms with Crippen LogP contribution in [-0.2, 0) is 9.53 Å². The van der Waals surface area contributed by atoms with Crippen LogP contribution in [0, 0.1) is 0 Å². The Kier molecular flexibility index (Phi) is 6.40. The molecule has 0 saturated carbocycles. The molecular weight excluding hydrogens is 223 g/mol. The second kappa shape index (κ2) is 6.73. The number of ether oxygens (including phenoxy) is 1. The van der Waals surface area contributed by atoms with Gasteiger partial charge in [-0.15, -0.1) is 0 Å². The molecule has 0 saturated heterocycles. The van der Waals surface area contributed by atoms with Gasteiger partial charge in [0, 0.05) is 19.7 Å². The van der Waals surface area contributed by atoms with Gasteiger partial charge in [0.2, 0.25) is 0 Å². The lowest BCUT2D eigenvalue weighted by Gasteiger charge is -2.30. The molecule has 3 nitrogen and oxygen atoms in total. The van der Waals surface area contributed by atoms with Gasteiger partial charge in [0.25, 0.3) is 0 Å². The fraction of sp³-hybridized carbons (Fsp3) is 0.900. The molecule has 0 aliphatic heterocycles. The van der Waals surface area contributed by atoms with Gasteiger partial charge < -0.3 is 9.64 Å². The molecule has 0 atom stereocenters. The van der Waals surface area contributed by atoms with Gasteiger partial charge in [0.05, 0.1) is 6.61 Å². The predicted molar refractivity (Wildman–Crippen MR) is 54.0 cm³/mol. The van der Waals surface area contributed by atoms with Gasteiger partial charge in [-0.05, 0) is 12.8 Å². The van der Waals surface area contributed by atoms with Crippen molar-refractivity contribution in [3.63, 3.8) is 0 Å². The predicted octanol–water partition coefficient (Wildman–Crippen LogP) is 2.21. The fourth-order valence-electron chi connectivity index (χ4n) is 1.53. The Morgan fingerprint density at radius 2 is 1.81 bits per heavy atom. The van der Waals surface area contributed by atoms with E-state index < -0.39 is 12.1 Å². The Morgan fingerprint density at radius 3 is 2.12 bits per heavy atom. The highest BCUT2D eigenvalue weighted by Gasteiger charge is 2.43. The van der Waals surface area contributed by atoms with Crippen LogP contribution in [0.5, 0.6) is 0 Å². The third-order valence-corrected chi connectivity index (χ3v) is 2.42. The number of amides is 1. The first kappa shape index (κ1) is 15.2. The first-order valence-electron chi connectivity index (χ1n) is 5.25. The first-order chi connectivity index (χ1) is 7.38. The number of alkyl halides is 3. The summed E-state index contributed by atoms with van der Waals surface area (Å²) in [4.78, 5) is 12.0. The number of hydrogen-bond acceptors (Lipinski definition) is 2. The molecule has 0 heterocycles. The summed E-state index contributed by atoms with van der Waals surface area (Å²) in [6, 6.07) is -0.385. The van der Waals surface area contributed by atoms with E-state index in [2.05, 4.69) is 0 Å². The monoisotopic (exact) mass is 241 g/mol. The van der Waals surface area contributed by atoms with E-state index in [1.807, 2.05) is 0 Å². The van der Waals surface area contributed by atoms with Crippen LogP contribution < -0.4 is 0 Å². The molecule has 0 N–H and O–H groups in total. The third-order valence-electron chi connectivity index (χ3n) is 2.42. The van der Waals surface area contributed by atoms with E-state index in [-0.39, 0.29) is 19.2 Å². The van der Waals surface area contributed by atoms with Crippen molar-refractivity contribution in [3.05, 3.63) is 0 Å². The second-order valence-electron chi connectivity index (χ2n) is 3.46. The van der Waals surface area contributed by atoms with E-state index in [9.17, 15) is 18.0 Å². The third kappa shape index (κ3) is 4.38. The summed E-state index contributed by atoms with van der Waals surface area (Å²) in [5.41, 5.74) is 0. The summed E-state index contributed by atoms with van der Waals surface area (Å²) >= 11 is 0. The molecule has 0 spiro atoms. The van der Waals surface area contributed by atoms with Gasteiger partial charge in [-0.3, -0.25) is 4.79 Å². The lowest BCUT2D eigenvalue weighted by Crippen LogP contribution is -2.48. The van der Waals surface area contributed by atoms with Crippen molar-refractivity contribution in [3.8, 4) is 0 Å². The van der Waals surface area contributed by atoms with Gasteiger partial charge in [-0.25, -0.2) is 0 Å². The molecular formula is C10H18F3NO2. The smallest absolute Gasteiger partial charge is 0.383 e. The van der Waals surface area contributed by atoms with E-state index in [0.717, 1.165) is 4.90 Å². The molecule has 0 aliphatic carbocycles. The quantitative estimate of drug-likeness (QED) is 0.713. The first-order valence-corrected chi connectivity index (χ1v) is 5.25. The van der Waals surface area contributed by atoms with Crippen molar-refractivity contribution in [2.24, 2.45) is 0 Å². The van der Waals surface area contributed by atoms with Gasteiger partial charge in [-0.1, -0.05) is 13.8 Å². The standard InChI is InChI=1S/C10H18F3NO2/c1-4-8(5-2)14(6-7-16-3)9(15)10(11,12)13/h8H,4-7H2,1-3H3. The Bertz CT molecular complexity index is 215. The molecule has 0 aromatic carbocycles. The zero-order valence-corrected chi connectivity index (χ0v) is 9.80. The molecule has 0 aromatic rings. The SMILES string of the molecule is CCC(CC)N(CCOC)C(=O)C(F)(F)F. The fourth-order valence-corrected chi connectivity index (χ4v) is 1.53. The van der Waals surface area contributed by atoms with E-state index in [4.69, 9.17) is 4.74 Å². The van der Waals surface area contributed by atoms with Crippen molar-refractivity contribution in [2.45, 2.75) is 38.9 Å². The van der Waals surface area contributed by atoms with Crippen molar-refractivity contribution in [1.29, 1.82) is 0 Å². The summed E-state index contributed by atoms with van der Waals surface area (Å²) in [5.74, 6) is -1.78. The molecule has 0 fully saturated rings. The van der Waals surface area contributed by atoms with Gasteiger partial charge in [-0.2, -0.15) is 13.2 Å². The summed E-state index contributed by atoms with van der Waals surface area (Å²) < 4.78 is 41.7. The van der Waals surface area contributed by atoms with Crippen molar-refractivity contribution < 1.29 is 22.7 Å². The highest BCUT2D eigenvalue weighted by molar-refractivity contribution is 5.82. The molecule has 0 bridgehead atoms. The number of hydrogen-bond donors (Lipinski definition) is 0. The molecule has 0 unspecified atom stereocenters. The topological polar surface area (TPSA) is 29.5 Å². The maximum atomic E-state index is 12.3. The second-order valence-corrected chi connectivity index (χ2v) is 3.46. The average Bonchev–Trinajstić information content (AvgIpc) is 2.22. The summed E-state index contributed by atoms with van der Waals surface area (Å²) in [5, 5.41) is 0. The Morgan fingerprint density at radius 1 is 1.31 bits per heavy atom. The number of methoxy groups -OCH3 is 1. The van der Waals surface area contributed by atoms with E-state index in [1.54, 1.807) is 13.8 Å². The molecule has 96 valence electrons. The van der Waals surface area contributed by atoms with Crippen molar-refractivity contribution in [2.75, 3.05) is 20.3 Å². The zero-order chi connectivity index (χ0) is 12.8. The number of nitrogens with zero attached hydrogens (tertiary/aromatic N) is 1. The molecule has 0 radical (unpaired) electrons. The largest absolute Gasteiger partial charge is 0.471 e. The molecule has 0 aliphatic rings.